The topological polar surface area (TPSA) is 92.5 Å². The first-order chi connectivity index (χ1) is 8.90. The van der Waals surface area contributed by atoms with Crippen LogP contribution in [-0.2, 0) is 0 Å². The van der Waals surface area contributed by atoms with Gasteiger partial charge in [-0.15, -0.1) is 0 Å². The van der Waals surface area contributed by atoms with E-state index < -0.39 is 0 Å². The van der Waals surface area contributed by atoms with E-state index in [2.05, 4.69) is 25.6 Å². The Bertz CT molecular complexity index is 643. The van der Waals surface area contributed by atoms with Crippen molar-refractivity contribution >= 4 is 10.9 Å². The molecule has 1 unspecified atom stereocenters. The molecule has 0 amide bonds. The number of pyridine rings is 1. The minimum atomic E-state index is -0.258. The van der Waals surface area contributed by atoms with Crippen molar-refractivity contribution in [2.75, 3.05) is 0 Å². The summed E-state index contributed by atoms with van der Waals surface area (Å²) < 4.78 is 0. The highest BCUT2D eigenvalue weighted by atomic mass is 15.3. The number of hydrogen-bond donors (Lipinski definition) is 3. The molecular formula is C12H12N6. The number of rotatable bonds is 3. The maximum absolute atomic E-state index is 5.62. The Morgan fingerprint density at radius 2 is 2.06 bits per heavy atom. The molecule has 1 atom stereocenters. The van der Waals surface area contributed by atoms with Crippen LogP contribution in [0.2, 0.25) is 0 Å². The van der Waals surface area contributed by atoms with Gasteiger partial charge < -0.3 is 0 Å². The second-order valence-corrected chi connectivity index (χ2v) is 3.89. The van der Waals surface area contributed by atoms with Gasteiger partial charge >= 0.3 is 0 Å². The Morgan fingerprint density at radius 1 is 1.17 bits per heavy atom. The first-order valence-corrected chi connectivity index (χ1v) is 5.55. The minimum absolute atomic E-state index is 0.258. The van der Waals surface area contributed by atoms with Gasteiger partial charge in [0.15, 0.2) is 0 Å². The lowest BCUT2D eigenvalue weighted by molar-refractivity contribution is 0.607. The van der Waals surface area contributed by atoms with E-state index in [0.29, 0.717) is 5.82 Å². The fourth-order valence-corrected chi connectivity index (χ4v) is 2.03. The summed E-state index contributed by atoms with van der Waals surface area (Å²) in [7, 11) is 0. The lowest BCUT2D eigenvalue weighted by Gasteiger charge is -2.15. The lowest BCUT2D eigenvalue weighted by atomic mass is 10.0. The van der Waals surface area contributed by atoms with E-state index in [-0.39, 0.29) is 6.04 Å². The van der Waals surface area contributed by atoms with E-state index in [0.717, 1.165) is 16.5 Å². The highest BCUT2D eigenvalue weighted by Gasteiger charge is 2.18. The number of H-pyrrole nitrogens is 1. The number of aromatic nitrogens is 4. The van der Waals surface area contributed by atoms with Gasteiger partial charge in [0.2, 0.25) is 0 Å². The van der Waals surface area contributed by atoms with Crippen LogP contribution in [0.1, 0.15) is 17.4 Å². The first kappa shape index (κ1) is 10.8. The average molecular weight is 240 g/mol. The molecule has 0 fully saturated rings. The second-order valence-electron chi connectivity index (χ2n) is 3.89. The summed E-state index contributed by atoms with van der Waals surface area (Å²) in [4.78, 5) is 8.54. The van der Waals surface area contributed by atoms with Gasteiger partial charge in [-0.2, -0.15) is 5.10 Å². The number of benzene rings is 1. The van der Waals surface area contributed by atoms with Crippen LogP contribution < -0.4 is 11.3 Å². The zero-order valence-electron chi connectivity index (χ0n) is 9.54. The van der Waals surface area contributed by atoms with Crippen molar-refractivity contribution in [3.8, 4) is 0 Å². The monoisotopic (exact) mass is 240 g/mol. The van der Waals surface area contributed by atoms with E-state index >= 15 is 0 Å². The fraction of sp³-hybridized carbons (Fsp3) is 0.0833. The fourth-order valence-electron chi connectivity index (χ4n) is 2.03. The van der Waals surface area contributed by atoms with Crippen LogP contribution in [0.3, 0.4) is 0 Å². The van der Waals surface area contributed by atoms with Gasteiger partial charge in [-0.1, -0.05) is 24.3 Å². The Hall–Kier alpha value is -2.31. The number of hydrogen-bond acceptors (Lipinski definition) is 5. The average Bonchev–Trinajstić information content (AvgIpc) is 2.94. The molecule has 6 nitrogen and oxygen atoms in total. The predicted octanol–water partition coefficient (Wildman–Crippen LogP) is 0.906. The zero-order chi connectivity index (χ0) is 12.4. The standard InChI is InChI=1S/C12H12N6/c13-17-11(12-15-7-16-18-12)9-5-1-3-8-4-2-6-14-10(8)9/h1-7,11,17H,13H2,(H,15,16,18). The minimum Gasteiger partial charge on any atom is -0.270 e. The van der Waals surface area contributed by atoms with Crippen molar-refractivity contribution in [2.45, 2.75) is 6.04 Å². The largest absolute Gasteiger partial charge is 0.270 e. The van der Waals surface area contributed by atoms with Crippen molar-refractivity contribution in [2.24, 2.45) is 5.84 Å². The molecule has 18 heavy (non-hydrogen) atoms. The van der Waals surface area contributed by atoms with E-state index in [4.69, 9.17) is 5.84 Å². The van der Waals surface area contributed by atoms with Crippen molar-refractivity contribution in [3.63, 3.8) is 0 Å². The molecule has 0 saturated heterocycles. The molecule has 0 aliphatic heterocycles. The number of hydrazine groups is 1. The maximum atomic E-state index is 5.62. The molecule has 0 spiro atoms. The molecular weight excluding hydrogens is 228 g/mol. The summed E-state index contributed by atoms with van der Waals surface area (Å²) in [5, 5.41) is 7.73. The van der Waals surface area contributed by atoms with Crippen LogP contribution in [0.25, 0.3) is 10.9 Å². The third kappa shape index (κ3) is 1.73. The van der Waals surface area contributed by atoms with Gasteiger partial charge in [0, 0.05) is 17.1 Å². The third-order valence-electron chi connectivity index (χ3n) is 2.85. The molecule has 90 valence electrons. The third-order valence-corrected chi connectivity index (χ3v) is 2.85. The number of nitrogens with one attached hydrogen (secondary N) is 2. The Balaban J connectivity index is 2.18. The Morgan fingerprint density at radius 3 is 2.83 bits per heavy atom. The summed E-state index contributed by atoms with van der Waals surface area (Å²) in [5.41, 5.74) is 4.61. The highest BCUT2D eigenvalue weighted by molar-refractivity contribution is 5.82. The number of fused-ring (bicyclic) bond motifs is 1. The smallest absolute Gasteiger partial charge is 0.147 e. The second kappa shape index (κ2) is 4.52. The summed E-state index contributed by atoms with van der Waals surface area (Å²) in [6, 6.07) is 9.62. The molecule has 6 heteroatoms. The van der Waals surface area contributed by atoms with Gasteiger partial charge in [0.05, 0.1) is 5.52 Å². The Labute approximate surface area is 103 Å². The molecule has 0 bridgehead atoms. The molecule has 3 rings (SSSR count). The SMILES string of the molecule is NNC(c1ncn[nH]1)c1cccc2cccnc12. The molecule has 2 aromatic heterocycles. The van der Waals surface area contributed by atoms with Crippen LogP contribution in [0, 0.1) is 0 Å². The van der Waals surface area contributed by atoms with Gasteiger partial charge in [-0.05, 0) is 6.07 Å². The molecule has 3 aromatic rings. The quantitative estimate of drug-likeness (QED) is 0.467. The summed E-state index contributed by atoms with van der Waals surface area (Å²) in [6.07, 6.45) is 3.22. The molecule has 4 N–H and O–H groups in total. The van der Waals surface area contributed by atoms with Gasteiger partial charge in [-0.3, -0.25) is 15.9 Å². The lowest BCUT2D eigenvalue weighted by Crippen LogP contribution is -2.30. The van der Waals surface area contributed by atoms with Crippen molar-refractivity contribution in [3.05, 3.63) is 54.2 Å². The molecule has 0 saturated carbocycles. The molecule has 0 radical (unpaired) electrons. The van der Waals surface area contributed by atoms with Crippen LogP contribution in [0.5, 0.6) is 0 Å². The van der Waals surface area contributed by atoms with Gasteiger partial charge in [0.1, 0.15) is 18.2 Å². The summed E-state index contributed by atoms with van der Waals surface area (Å²) in [5.74, 6) is 6.28. The summed E-state index contributed by atoms with van der Waals surface area (Å²) in [6.45, 7) is 0. The number of nitrogens with two attached hydrogens (primary N) is 1. The van der Waals surface area contributed by atoms with Crippen LogP contribution in [0.4, 0.5) is 0 Å². The molecule has 0 aliphatic carbocycles. The van der Waals surface area contributed by atoms with E-state index in [9.17, 15) is 0 Å². The van der Waals surface area contributed by atoms with Gasteiger partial charge in [-0.25, -0.2) is 10.4 Å². The molecule has 2 heterocycles. The highest BCUT2D eigenvalue weighted by Crippen LogP contribution is 2.24. The first-order valence-electron chi connectivity index (χ1n) is 5.55. The van der Waals surface area contributed by atoms with E-state index in [1.165, 1.54) is 6.33 Å². The van der Waals surface area contributed by atoms with Crippen LogP contribution >= 0.6 is 0 Å². The van der Waals surface area contributed by atoms with E-state index in [1.54, 1.807) is 6.20 Å². The van der Waals surface area contributed by atoms with Gasteiger partial charge in [0.25, 0.3) is 0 Å². The van der Waals surface area contributed by atoms with Crippen LogP contribution in [0.15, 0.2) is 42.9 Å². The maximum Gasteiger partial charge on any atom is 0.147 e. The Kier molecular flexibility index (Phi) is 2.71. The van der Waals surface area contributed by atoms with Crippen LogP contribution in [-0.4, -0.2) is 20.2 Å². The normalized spacial score (nSPS) is 12.7. The zero-order valence-corrected chi connectivity index (χ0v) is 9.54. The molecule has 1 aromatic carbocycles. The van der Waals surface area contributed by atoms with Crippen molar-refractivity contribution in [1.82, 2.24) is 25.6 Å². The van der Waals surface area contributed by atoms with Crippen molar-refractivity contribution < 1.29 is 0 Å². The number of para-hydroxylation sites is 1. The predicted molar refractivity (Wildman–Crippen MR) is 67.3 cm³/mol. The number of nitrogens with zero attached hydrogens (tertiary/aromatic N) is 3. The van der Waals surface area contributed by atoms with Crippen molar-refractivity contribution in [1.29, 1.82) is 0 Å². The number of aromatic amines is 1. The van der Waals surface area contributed by atoms with E-state index in [1.807, 2.05) is 30.3 Å². The summed E-state index contributed by atoms with van der Waals surface area (Å²) >= 11 is 0. The molecule has 0 aliphatic rings.